The van der Waals surface area contributed by atoms with Crippen LogP contribution in [0.1, 0.15) is 49.3 Å². The third-order valence-electron chi connectivity index (χ3n) is 5.24. The normalized spacial score (nSPS) is 25.3. The van der Waals surface area contributed by atoms with Crippen LogP contribution in [0, 0.1) is 0 Å². The second-order valence-electron chi connectivity index (χ2n) is 7.12. The zero-order valence-electron chi connectivity index (χ0n) is 15.3. The molecule has 2 aliphatic rings. The molecule has 2 fully saturated rings. The molecule has 3 rings (SSSR count). The molecule has 27 heavy (non-hydrogen) atoms. The van der Waals surface area contributed by atoms with E-state index in [4.69, 9.17) is 11.6 Å². The number of benzene rings is 1. The third-order valence-corrected chi connectivity index (χ3v) is 10.7. The molecular formula is C19H26ClNO3S3. The Balaban J connectivity index is 1.53. The summed E-state index contributed by atoms with van der Waals surface area (Å²) in [6.07, 6.45) is 5.33. The number of halogens is 1. The lowest BCUT2D eigenvalue weighted by Crippen LogP contribution is -2.33. The Morgan fingerprint density at radius 2 is 2.00 bits per heavy atom. The van der Waals surface area contributed by atoms with Gasteiger partial charge >= 0.3 is 0 Å². The van der Waals surface area contributed by atoms with Crippen LogP contribution in [-0.4, -0.2) is 49.1 Å². The van der Waals surface area contributed by atoms with Crippen molar-refractivity contribution in [3.63, 3.8) is 0 Å². The summed E-state index contributed by atoms with van der Waals surface area (Å²) in [5.41, 5.74) is 0.653. The standard InChI is InChI=1S/C19H26ClNO3S3/c20-17-7-3-2-6-16(17)18-9-11-21(12-14-27(18,23)24)19(22)8-4-1-5-15-10-13-25-26-15/h2-3,6-7,15,18H,1,4-5,8-14H2/t15-,18-/m1/s1. The Kier molecular flexibility index (Phi) is 7.83. The van der Waals surface area contributed by atoms with Crippen molar-refractivity contribution in [2.75, 3.05) is 24.6 Å². The molecule has 2 saturated heterocycles. The van der Waals surface area contributed by atoms with Gasteiger partial charge in [0.15, 0.2) is 9.84 Å². The van der Waals surface area contributed by atoms with Gasteiger partial charge in [-0.3, -0.25) is 4.79 Å². The van der Waals surface area contributed by atoms with E-state index in [2.05, 4.69) is 0 Å². The molecule has 8 heteroatoms. The molecule has 0 bridgehead atoms. The van der Waals surface area contributed by atoms with Gasteiger partial charge in [0.1, 0.15) is 0 Å². The number of carbonyl (C=O) groups excluding carboxylic acids is 1. The van der Waals surface area contributed by atoms with Crippen LogP contribution in [0.25, 0.3) is 0 Å². The van der Waals surface area contributed by atoms with Crippen LogP contribution in [-0.2, 0) is 14.6 Å². The zero-order chi connectivity index (χ0) is 19.3. The first kappa shape index (κ1) is 21.3. The molecule has 2 atom stereocenters. The van der Waals surface area contributed by atoms with Crippen LogP contribution in [0.4, 0.5) is 0 Å². The van der Waals surface area contributed by atoms with E-state index in [1.54, 1.807) is 23.1 Å². The van der Waals surface area contributed by atoms with Crippen LogP contribution < -0.4 is 0 Å². The van der Waals surface area contributed by atoms with Gasteiger partial charge in [0.2, 0.25) is 5.91 Å². The van der Waals surface area contributed by atoms with Gasteiger partial charge in [-0.2, -0.15) is 0 Å². The van der Waals surface area contributed by atoms with Crippen molar-refractivity contribution in [2.24, 2.45) is 0 Å². The van der Waals surface area contributed by atoms with E-state index in [1.807, 2.05) is 27.7 Å². The molecule has 150 valence electrons. The fourth-order valence-corrected chi connectivity index (χ4v) is 8.83. The van der Waals surface area contributed by atoms with Gasteiger partial charge in [-0.05, 0) is 37.3 Å². The largest absolute Gasteiger partial charge is 0.342 e. The summed E-state index contributed by atoms with van der Waals surface area (Å²) in [6, 6.07) is 7.11. The highest BCUT2D eigenvalue weighted by Crippen LogP contribution is 2.40. The van der Waals surface area contributed by atoms with Gasteiger partial charge in [-0.15, -0.1) is 0 Å². The summed E-state index contributed by atoms with van der Waals surface area (Å²) in [4.78, 5) is 14.3. The molecule has 0 saturated carbocycles. The summed E-state index contributed by atoms with van der Waals surface area (Å²) < 4.78 is 25.5. The highest BCUT2D eigenvalue weighted by molar-refractivity contribution is 8.77. The van der Waals surface area contributed by atoms with Gasteiger partial charge in [0.25, 0.3) is 0 Å². The number of unbranched alkanes of at least 4 members (excludes halogenated alkanes) is 1. The minimum absolute atomic E-state index is 0.00453. The van der Waals surface area contributed by atoms with E-state index >= 15 is 0 Å². The van der Waals surface area contributed by atoms with Crippen LogP contribution in [0.2, 0.25) is 5.02 Å². The number of rotatable bonds is 6. The topological polar surface area (TPSA) is 54.5 Å². The smallest absolute Gasteiger partial charge is 0.222 e. The number of sulfone groups is 1. The molecular weight excluding hydrogens is 422 g/mol. The molecule has 2 aliphatic heterocycles. The highest BCUT2D eigenvalue weighted by Gasteiger charge is 2.33. The summed E-state index contributed by atoms with van der Waals surface area (Å²) in [6.45, 7) is 0.764. The predicted octanol–water partition coefficient (Wildman–Crippen LogP) is 4.74. The summed E-state index contributed by atoms with van der Waals surface area (Å²) in [5, 5.41) is 0.597. The van der Waals surface area contributed by atoms with Gasteiger partial charge in [0.05, 0.1) is 11.0 Å². The van der Waals surface area contributed by atoms with E-state index in [0.717, 1.165) is 18.1 Å². The number of amides is 1. The fourth-order valence-electron chi connectivity index (χ4n) is 3.65. The highest BCUT2D eigenvalue weighted by atomic mass is 35.5. The van der Waals surface area contributed by atoms with Crippen molar-refractivity contribution < 1.29 is 13.2 Å². The van der Waals surface area contributed by atoms with E-state index in [-0.39, 0.29) is 18.2 Å². The average Bonchev–Trinajstić information content (AvgIpc) is 3.10. The molecule has 0 spiro atoms. The molecule has 0 unspecified atom stereocenters. The molecule has 1 amide bonds. The Morgan fingerprint density at radius 3 is 2.74 bits per heavy atom. The average molecular weight is 448 g/mol. The van der Waals surface area contributed by atoms with Crippen molar-refractivity contribution >= 4 is 48.9 Å². The van der Waals surface area contributed by atoms with Crippen LogP contribution >= 0.6 is 33.2 Å². The van der Waals surface area contributed by atoms with Gasteiger partial charge < -0.3 is 4.90 Å². The Morgan fingerprint density at radius 1 is 1.19 bits per heavy atom. The SMILES string of the molecule is O=C(CCCC[C@@H]1CCSS1)N1CC[C@H](c2ccccc2Cl)S(=O)(=O)CC1. The van der Waals surface area contributed by atoms with Crippen molar-refractivity contribution in [3.8, 4) is 0 Å². The maximum Gasteiger partial charge on any atom is 0.222 e. The number of hydrogen-bond acceptors (Lipinski definition) is 5. The maximum atomic E-state index is 12.7. The summed E-state index contributed by atoms with van der Waals surface area (Å²) >= 11 is 6.23. The first-order valence-electron chi connectivity index (χ1n) is 9.49. The number of hydrogen-bond donors (Lipinski definition) is 0. The van der Waals surface area contributed by atoms with Crippen LogP contribution in [0.3, 0.4) is 0 Å². The molecule has 0 aromatic heterocycles. The molecule has 1 aromatic rings. The molecule has 0 N–H and O–H groups in total. The van der Waals surface area contributed by atoms with E-state index in [0.29, 0.717) is 30.0 Å². The third kappa shape index (κ3) is 5.81. The van der Waals surface area contributed by atoms with E-state index in [9.17, 15) is 13.2 Å². The van der Waals surface area contributed by atoms with E-state index < -0.39 is 15.1 Å². The molecule has 0 radical (unpaired) electrons. The summed E-state index contributed by atoms with van der Waals surface area (Å²) in [5.74, 6) is 1.33. The van der Waals surface area contributed by atoms with Gasteiger partial charge in [-0.25, -0.2) is 8.42 Å². The maximum absolute atomic E-state index is 12.7. The van der Waals surface area contributed by atoms with Crippen molar-refractivity contribution in [3.05, 3.63) is 34.9 Å². The lowest BCUT2D eigenvalue weighted by atomic mass is 10.1. The first-order valence-corrected chi connectivity index (χ1v) is 14.0. The Labute approximate surface area is 175 Å². The fraction of sp³-hybridized carbons (Fsp3) is 0.632. The van der Waals surface area contributed by atoms with Gasteiger partial charge in [-0.1, -0.05) is 57.8 Å². The second kappa shape index (κ2) is 9.90. The Hall–Kier alpha value is -0.370. The lowest BCUT2D eigenvalue weighted by molar-refractivity contribution is -0.131. The molecule has 1 aromatic carbocycles. The lowest BCUT2D eigenvalue weighted by Gasteiger charge is -2.20. The number of carbonyl (C=O) groups is 1. The first-order chi connectivity index (χ1) is 13.0. The van der Waals surface area contributed by atoms with Crippen LogP contribution in [0.5, 0.6) is 0 Å². The molecule has 2 heterocycles. The number of nitrogens with zero attached hydrogens (tertiary/aromatic N) is 1. The van der Waals surface area contributed by atoms with Crippen molar-refractivity contribution in [1.29, 1.82) is 0 Å². The van der Waals surface area contributed by atoms with Crippen molar-refractivity contribution in [1.82, 2.24) is 4.90 Å². The van der Waals surface area contributed by atoms with Gasteiger partial charge in [0, 0.05) is 35.5 Å². The zero-order valence-corrected chi connectivity index (χ0v) is 18.5. The molecule has 4 nitrogen and oxygen atoms in total. The second-order valence-corrected chi connectivity index (χ2v) is 12.6. The van der Waals surface area contributed by atoms with Crippen molar-refractivity contribution in [2.45, 2.75) is 49.0 Å². The van der Waals surface area contributed by atoms with E-state index in [1.165, 1.54) is 18.6 Å². The Bertz CT molecular complexity index is 750. The minimum atomic E-state index is -3.32. The summed E-state index contributed by atoms with van der Waals surface area (Å²) in [7, 11) is 0.599. The van der Waals surface area contributed by atoms with Crippen LogP contribution in [0.15, 0.2) is 24.3 Å². The molecule has 0 aliphatic carbocycles. The predicted molar refractivity (Wildman–Crippen MR) is 116 cm³/mol. The quantitative estimate of drug-likeness (QED) is 0.465. The minimum Gasteiger partial charge on any atom is -0.342 e. The monoisotopic (exact) mass is 447 g/mol.